The maximum Gasteiger partial charge on any atom is 0.240 e. The Morgan fingerprint density at radius 1 is 1.00 bits per heavy atom. The van der Waals surface area contributed by atoms with Crippen molar-refractivity contribution >= 4 is 35.0 Å². The molecule has 2 aromatic rings. The van der Waals surface area contributed by atoms with Crippen LogP contribution in [0, 0.1) is 17.3 Å². The maximum absolute atomic E-state index is 13.9. The quantitative estimate of drug-likeness (QED) is 0.630. The SMILES string of the molecule is COc1ccc2c(c1)C=C[C@@H]1[C@@H]3C(=O)N(c4ccc5c(c4)OCO5)C(=O)[C@H]3[C@H](C(=O)C(C)(C)C)N21. The summed E-state index contributed by atoms with van der Waals surface area (Å²) in [6, 6.07) is 9.49. The molecule has 0 aliphatic carbocycles. The second-order valence-electron chi connectivity index (χ2n) is 10.3. The molecule has 4 atom stereocenters. The lowest BCUT2D eigenvalue weighted by atomic mass is 9.79. The van der Waals surface area contributed by atoms with E-state index in [2.05, 4.69) is 0 Å². The lowest BCUT2D eigenvalue weighted by Crippen LogP contribution is -2.51. The summed E-state index contributed by atoms with van der Waals surface area (Å²) in [6.07, 6.45) is 3.88. The van der Waals surface area contributed by atoms with Crippen molar-refractivity contribution in [1.82, 2.24) is 0 Å². The number of methoxy groups -OCH3 is 1. The normalized spacial score (nSPS) is 26.1. The zero-order valence-electron chi connectivity index (χ0n) is 20.0. The number of rotatable bonds is 3. The Kier molecular flexibility index (Phi) is 4.55. The number of ketones is 1. The van der Waals surface area contributed by atoms with Gasteiger partial charge in [-0.1, -0.05) is 32.9 Å². The highest BCUT2D eigenvalue weighted by Gasteiger charge is 2.65. The van der Waals surface area contributed by atoms with Gasteiger partial charge in [-0.25, -0.2) is 4.90 Å². The summed E-state index contributed by atoms with van der Waals surface area (Å²) in [5.41, 5.74) is 1.44. The van der Waals surface area contributed by atoms with E-state index in [9.17, 15) is 14.4 Å². The molecule has 2 aromatic carbocycles. The van der Waals surface area contributed by atoms with Gasteiger partial charge in [0.2, 0.25) is 18.6 Å². The van der Waals surface area contributed by atoms with Crippen molar-refractivity contribution in [3.05, 3.63) is 48.0 Å². The van der Waals surface area contributed by atoms with E-state index in [-0.39, 0.29) is 24.4 Å². The number of ether oxygens (including phenoxy) is 3. The summed E-state index contributed by atoms with van der Waals surface area (Å²) in [7, 11) is 1.60. The minimum Gasteiger partial charge on any atom is -0.497 e. The van der Waals surface area contributed by atoms with Crippen molar-refractivity contribution < 1.29 is 28.6 Å². The van der Waals surface area contributed by atoms with Crippen LogP contribution in [-0.4, -0.2) is 43.6 Å². The topological polar surface area (TPSA) is 85.4 Å². The van der Waals surface area contributed by atoms with Gasteiger partial charge in [0.05, 0.1) is 30.7 Å². The average molecular weight is 475 g/mol. The molecule has 4 aliphatic rings. The summed E-state index contributed by atoms with van der Waals surface area (Å²) in [4.78, 5) is 44.8. The molecule has 2 saturated heterocycles. The number of nitrogens with zero attached hydrogens (tertiary/aromatic N) is 2. The van der Waals surface area contributed by atoms with E-state index in [1.54, 1.807) is 25.3 Å². The first-order chi connectivity index (χ1) is 16.7. The van der Waals surface area contributed by atoms with Crippen molar-refractivity contribution in [1.29, 1.82) is 0 Å². The van der Waals surface area contributed by atoms with E-state index < -0.39 is 29.3 Å². The van der Waals surface area contributed by atoms with E-state index in [1.165, 1.54) is 4.90 Å². The third kappa shape index (κ3) is 3.02. The summed E-state index contributed by atoms with van der Waals surface area (Å²) in [5.74, 6) is -0.435. The molecule has 2 fully saturated rings. The molecule has 8 heteroatoms. The van der Waals surface area contributed by atoms with Crippen LogP contribution in [0.2, 0.25) is 0 Å². The van der Waals surface area contributed by atoms with Crippen LogP contribution in [0.5, 0.6) is 17.2 Å². The minimum atomic E-state index is -0.789. The van der Waals surface area contributed by atoms with Gasteiger partial charge in [0.25, 0.3) is 0 Å². The first-order valence-corrected chi connectivity index (χ1v) is 11.7. The third-order valence-corrected chi connectivity index (χ3v) is 7.33. The van der Waals surface area contributed by atoms with E-state index in [1.807, 2.05) is 56.0 Å². The summed E-state index contributed by atoms with van der Waals surface area (Å²) < 4.78 is 16.2. The number of Topliss-reactive ketones (excluding diaryl/α,β-unsaturated/α-hetero) is 1. The molecule has 0 aromatic heterocycles. The van der Waals surface area contributed by atoms with Crippen molar-refractivity contribution in [2.24, 2.45) is 17.3 Å². The summed E-state index contributed by atoms with van der Waals surface area (Å²) >= 11 is 0. The fourth-order valence-corrected chi connectivity index (χ4v) is 5.70. The second kappa shape index (κ2) is 7.34. The standard InChI is InChI=1S/C27H26N2O6/c1-27(2,3)24(30)23-22-21(18-8-5-14-11-16(33-4)7-9-17(14)29(18)23)25(31)28(26(22)32)15-6-10-19-20(12-15)35-13-34-19/h5-12,18,21-23H,13H2,1-4H3/t18-,21+,22-,23-/m1/s1. The van der Waals surface area contributed by atoms with Gasteiger partial charge in [0.1, 0.15) is 11.8 Å². The highest BCUT2D eigenvalue weighted by molar-refractivity contribution is 6.25. The minimum absolute atomic E-state index is 0.0687. The summed E-state index contributed by atoms with van der Waals surface area (Å²) in [5, 5.41) is 0. The van der Waals surface area contributed by atoms with Gasteiger partial charge < -0.3 is 19.1 Å². The van der Waals surface area contributed by atoms with E-state index in [0.29, 0.717) is 22.9 Å². The zero-order chi connectivity index (χ0) is 24.6. The van der Waals surface area contributed by atoms with E-state index in [4.69, 9.17) is 14.2 Å². The van der Waals surface area contributed by atoms with Gasteiger partial charge in [-0.3, -0.25) is 14.4 Å². The Labute approximate surface area is 203 Å². The van der Waals surface area contributed by atoms with Crippen molar-refractivity contribution in [2.75, 3.05) is 23.7 Å². The first kappa shape index (κ1) is 21.7. The van der Waals surface area contributed by atoms with Crippen molar-refractivity contribution in [2.45, 2.75) is 32.9 Å². The molecule has 0 saturated carbocycles. The van der Waals surface area contributed by atoms with Crippen molar-refractivity contribution in [3.8, 4) is 17.2 Å². The maximum atomic E-state index is 13.9. The fourth-order valence-electron chi connectivity index (χ4n) is 5.70. The lowest BCUT2D eigenvalue weighted by molar-refractivity contribution is -0.132. The number of hydrogen-bond acceptors (Lipinski definition) is 7. The summed E-state index contributed by atoms with van der Waals surface area (Å²) in [6.45, 7) is 5.65. The third-order valence-electron chi connectivity index (χ3n) is 7.33. The monoisotopic (exact) mass is 474 g/mol. The van der Waals surface area contributed by atoms with Crippen LogP contribution >= 0.6 is 0 Å². The van der Waals surface area contributed by atoms with Gasteiger partial charge in [-0.05, 0) is 30.3 Å². The molecule has 35 heavy (non-hydrogen) atoms. The number of anilines is 2. The van der Waals surface area contributed by atoms with Crippen LogP contribution in [0.25, 0.3) is 6.08 Å². The first-order valence-electron chi connectivity index (χ1n) is 11.7. The molecule has 0 bridgehead atoms. The molecule has 0 N–H and O–H groups in total. The average Bonchev–Trinajstić information content (AvgIpc) is 3.50. The Morgan fingerprint density at radius 3 is 2.49 bits per heavy atom. The number of benzene rings is 2. The molecule has 0 radical (unpaired) electrons. The number of hydrogen-bond donors (Lipinski definition) is 0. The number of amides is 2. The highest BCUT2D eigenvalue weighted by Crippen LogP contribution is 2.51. The predicted molar refractivity (Wildman–Crippen MR) is 129 cm³/mol. The molecular weight excluding hydrogens is 448 g/mol. The molecule has 4 aliphatic heterocycles. The Bertz CT molecular complexity index is 1310. The molecule has 180 valence electrons. The molecule has 4 heterocycles. The van der Waals surface area contributed by atoms with Gasteiger partial charge in [0.15, 0.2) is 17.3 Å². The predicted octanol–water partition coefficient (Wildman–Crippen LogP) is 3.43. The molecule has 2 amide bonds. The van der Waals surface area contributed by atoms with Crippen molar-refractivity contribution in [3.63, 3.8) is 0 Å². The number of imide groups is 1. The van der Waals surface area contributed by atoms with E-state index in [0.717, 1.165) is 11.3 Å². The Morgan fingerprint density at radius 2 is 1.74 bits per heavy atom. The highest BCUT2D eigenvalue weighted by atomic mass is 16.7. The van der Waals surface area contributed by atoms with Crippen LogP contribution in [-0.2, 0) is 14.4 Å². The lowest BCUT2D eigenvalue weighted by Gasteiger charge is -2.38. The van der Waals surface area contributed by atoms with Gasteiger partial charge in [-0.2, -0.15) is 0 Å². The molecule has 6 rings (SSSR count). The molecule has 0 spiro atoms. The van der Waals surface area contributed by atoms with Crippen LogP contribution in [0.4, 0.5) is 11.4 Å². The largest absolute Gasteiger partial charge is 0.497 e. The van der Waals surface area contributed by atoms with Crippen LogP contribution in [0.1, 0.15) is 26.3 Å². The van der Waals surface area contributed by atoms with Gasteiger partial charge in [0, 0.05) is 22.7 Å². The van der Waals surface area contributed by atoms with Gasteiger partial charge >= 0.3 is 0 Å². The Balaban J connectivity index is 1.46. The molecular formula is C27H26N2O6. The number of carbonyl (C=O) groups is 3. The van der Waals surface area contributed by atoms with Crippen LogP contribution < -0.4 is 24.0 Å². The Hall–Kier alpha value is -3.81. The molecule has 0 unspecified atom stereocenters. The smallest absolute Gasteiger partial charge is 0.240 e. The zero-order valence-corrected chi connectivity index (χ0v) is 20.0. The fraction of sp³-hybridized carbons (Fsp3) is 0.370. The van der Waals surface area contributed by atoms with Crippen LogP contribution in [0.15, 0.2) is 42.5 Å². The van der Waals surface area contributed by atoms with Crippen LogP contribution in [0.3, 0.4) is 0 Å². The second-order valence-corrected chi connectivity index (χ2v) is 10.3. The van der Waals surface area contributed by atoms with E-state index >= 15 is 0 Å². The van der Waals surface area contributed by atoms with Gasteiger partial charge in [-0.15, -0.1) is 0 Å². The molecule has 8 nitrogen and oxygen atoms in total. The number of fused-ring (bicyclic) bond motifs is 6. The number of carbonyl (C=O) groups excluding carboxylic acids is 3.